The molecule has 0 bridgehead atoms. The first-order chi connectivity index (χ1) is 13.5. The van der Waals surface area contributed by atoms with E-state index in [-0.39, 0.29) is 23.7 Å². The molecule has 0 radical (unpaired) electrons. The first-order valence-corrected chi connectivity index (χ1v) is 9.65. The van der Waals surface area contributed by atoms with E-state index in [2.05, 4.69) is 28.7 Å². The summed E-state index contributed by atoms with van der Waals surface area (Å²) >= 11 is 0. The van der Waals surface area contributed by atoms with E-state index in [0.717, 1.165) is 29.7 Å². The highest BCUT2D eigenvalue weighted by Gasteiger charge is 2.38. The molecule has 0 aliphatic carbocycles. The van der Waals surface area contributed by atoms with Crippen LogP contribution in [0.3, 0.4) is 0 Å². The Morgan fingerprint density at radius 1 is 1.38 bits per heavy atom. The number of hydrogen-bond donors (Lipinski definition) is 2. The van der Waals surface area contributed by atoms with Gasteiger partial charge in [-0.3, -0.25) is 9.48 Å². The maximum absolute atomic E-state index is 12.9. The number of likely N-dealkylation sites (N-methyl/N-ethyl adjacent to an activating group) is 1. The van der Waals surface area contributed by atoms with Gasteiger partial charge in [-0.25, -0.2) is 0 Å². The fraction of sp³-hybridized carbons (Fsp3) is 0.524. The van der Waals surface area contributed by atoms with E-state index in [0.29, 0.717) is 19.8 Å². The first-order valence-electron chi connectivity index (χ1n) is 9.65. The topological polar surface area (TPSA) is 77.4 Å². The highest BCUT2D eigenvalue weighted by Crippen LogP contribution is 2.40. The number of ether oxygens (including phenoxy) is 2. The second kappa shape index (κ2) is 10.1. The number of amides is 1. The van der Waals surface area contributed by atoms with Crippen molar-refractivity contribution >= 4 is 18.3 Å². The van der Waals surface area contributed by atoms with Crippen LogP contribution < -0.4 is 15.4 Å². The molecule has 160 valence electrons. The molecule has 1 fully saturated rings. The Labute approximate surface area is 178 Å². The monoisotopic (exact) mass is 422 g/mol. The van der Waals surface area contributed by atoms with Crippen LogP contribution in [0.1, 0.15) is 35.6 Å². The molecule has 1 saturated heterocycles. The highest BCUT2D eigenvalue weighted by atomic mass is 35.5. The van der Waals surface area contributed by atoms with Gasteiger partial charge in [0.25, 0.3) is 0 Å². The number of aromatic nitrogens is 2. The number of nitrogens with zero attached hydrogens (tertiary/aromatic N) is 2. The van der Waals surface area contributed by atoms with E-state index in [4.69, 9.17) is 9.47 Å². The SMILES string of the molecule is CNC(C(=O)NCC1(c2cc(C)ccc2OC)CCOCC1)c1cnn(C)c1.Cl. The molecule has 1 aliphatic heterocycles. The lowest BCUT2D eigenvalue weighted by molar-refractivity contribution is -0.123. The molecule has 1 amide bonds. The van der Waals surface area contributed by atoms with Crippen LogP contribution in [0.5, 0.6) is 5.75 Å². The molecule has 1 aliphatic rings. The zero-order valence-electron chi connectivity index (χ0n) is 17.5. The summed E-state index contributed by atoms with van der Waals surface area (Å²) in [7, 11) is 5.32. The molecule has 1 aromatic heterocycles. The van der Waals surface area contributed by atoms with Gasteiger partial charge in [0.1, 0.15) is 11.8 Å². The van der Waals surface area contributed by atoms with Gasteiger partial charge in [-0.1, -0.05) is 17.7 Å². The predicted molar refractivity (Wildman–Crippen MR) is 115 cm³/mol. The molecule has 29 heavy (non-hydrogen) atoms. The molecule has 1 aromatic carbocycles. The Morgan fingerprint density at radius 2 is 2.10 bits per heavy atom. The number of methoxy groups -OCH3 is 1. The van der Waals surface area contributed by atoms with Gasteiger partial charge in [-0.05, 0) is 32.9 Å². The van der Waals surface area contributed by atoms with Crippen molar-refractivity contribution in [1.82, 2.24) is 20.4 Å². The molecule has 0 spiro atoms. The van der Waals surface area contributed by atoms with Crippen LogP contribution in [-0.2, 0) is 22.0 Å². The maximum Gasteiger partial charge on any atom is 0.241 e. The lowest BCUT2D eigenvalue weighted by atomic mass is 9.73. The van der Waals surface area contributed by atoms with E-state index < -0.39 is 6.04 Å². The second-order valence-electron chi connectivity index (χ2n) is 7.48. The quantitative estimate of drug-likeness (QED) is 0.715. The molecule has 1 unspecified atom stereocenters. The summed E-state index contributed by atoms with van der Waals surface area (Å²) in [5.41, 5.74) is 2.95. The highest BCUT2D eigenvalue weighted by molar-refractivity contribution is 5.85. The molecule has 7 nitrogen and oxygen atoms in total. The van der Waals surface area contributed by atoms with Crippen LogP contribution in [-0.4, -0.2) is 49.6 Å². The van der Waals surface area contributed by atoms with Crippen molar-refractivity contribution in [3.8, 4) is 5.75 Å². The zero-order chi connectivity index (χ0) is 20.1. The Morgan fingerprint density at radius 3 is 2.69 bits per heavy atom. The van der Waals surface area contributed by atoms with Crippen molar-refractivity contribution in [2.24, 2.45) is 7.05 Å². The number of halogens is 1. The minimum absolute atomic E-state index is 0. The van der Waals surface area contributed by atoms with Gasteiger partial charge >= 0.3 is 0 Å². The summed E-state index contributed by atoms with van der Waals surface area (Å²) in [6.45, 7) is 3.96. The largest absolute Gasteiger partial charge is 0.496 e. The summed E-state index contributed by atoms with van der Waals surface area (Å²) in [5.74, 6) is 0.798. The van der Waals surface area contributed by atoms with Crippen molar-refractivity contribution in [3.05, 3.63) is 47.3 Å². The average Bonchev–Trinajstić information content (AvgIpc) is 3.13. The van der Waals surface area contributed by atoms with Crippen LogP contribution in [0.15, 0.2) is 30.6 Å². The third-order valence-corrected chi connectivity index (χ3v) is 5.59. The smallest absolute Gasteiger partial charge is 0.241 e. The molecule has 2 N–H and O–H groups in total. The van der Waals surface area contributed by atoms with Crippen LogP contribution >= 0.6 is 12.4 Å². The number of aryl methyl sites for hydroxylation is 2. The molecule has 1 atom stereocenters. The van der Waals surface area contributed by atoms with Crippen LogP contribution in [0.2, 0.25) is 0 Å². The number of carbonyl (C=O) groups is 1. The molecule has 2 heterocycles. The fourth-order valence-electron chi connectivity index (χ4n) is 3.94. The number of hydrogen-bond acceptors (Lipinski definition) is 5. The Kier molecular flexibility index (Phi) is 8.07. The molecule has 8 heteroatoms. The number of benzene rings is 1. The molecule has 3 rings (SSSR count). The summed E-state index contributed by atoms with van der Waals surface area (Å²) < 4.78 is 13.0. The Balaban J connectivity index is 0.00000300. The van der Waals surface area contributed by atoms with Gasteiger partial charge in [0.05, 0.1) is 13.3 Å². The van der Waals surface area contributed by atoms with Gasteiger partial charge in [-0.15, -0.1) is 12.4 Å². The molecular formula is C21H31ClN4O3. The zero-order valence-corrected chi connectivity index (χ0v) is 18.3. The van der Waals surface area contributed by atoms with Crippen LogP contribution in [0.25, 0.3) is 0 Å². The second-order valence-corrected chi connectivity index (χ2v) is 7.48. The summed E-state index contributed by atoms with van der Waals surface area (Å²) in [6.07, 6.45) is 5.25. The molecule has 2 aromatic rings. The Hall–Kier alpha value is -2.09. The fourth-order valence-corrected chi connectivity index (χ4v) is 3.94. The summed E-state index contributed by atoms with van der Waals surface area (Å²) in [5, 5.41) is 10.4. The van der Waals surface area contributed by atoms with Gasteiger partial charge in [0.15, 0.2) is 0 Å². The van der Waals surface area contributed by atoms with Gasteiger partial charge in [-0.2, -0.15) is 5.10 Å². The molecule has 0 saturated carbocycles. The normalized spacial score (nSPS) is 16.6. The standard InChI is InChI=1S/C21H30N4O3.ClH/c1-15-5-6-18(27-4)17(11-15)21(7-9-28-10-8-21)14-23-20(26)19(22-2)16-12-24-25(3)13-16;/h5-6,11-13,19,22H,7-10,14H2,1-4H3,(H,23,26);1H. The predicted octanol–water partition coefficient (Wildman–Crippen LogP) is 2.28. The molecular weight excluding hydrogens is 392 g/mol. The third kappa shape index (κ3) is 5.10. The minimum atomic E-state index is -0.440. The maximum atomic E-state index is 12.9. The van der Waals surface area contributed by atoms with Crippen LogP contribution in [0.4, 0.5) is 0 Å². The number of rotatable bonds is 7. The van der Waals surface area contributed by atoms with E-state index in [1.54, 1.807) is 25.0 Å². The van der Waals surface area contributed by atoms with Crippen LogP contribution in [0, 0.1) is 6.92 Å². The average molecular weight is 423 g/mol. The lowest BCUT2D eigenvalue weighted by Crippen LogP contribution is -2.47. The minimum Gasteiger partial charge on any atom is -0.496 e. The number of carbonyl (C=O) groups excluding carboxylic acids is 1. The van der Waals surface area contributed by atoms with E-state index in [1.807, 2.05) is 25.4 Å². The van der Waals surface area contributed by atoms with Gasteiger partial charge in [0.2, 0.25) is 5.91 Å². The lowest BCUT2D eigenvalue weighted by Gasteiger charge is -2.39. The summed E-state index contributed by atoms with van der Waals surface area (Å²) in [6, 6.07) is 5.79. The summed E-state index contributed by atoms with van der Waals surface area (Å²) in [4.78, 5) is 12.9. The first kappa shape index (κ1) is 23.2. The third-order valence-electron chi connectivity index (χ3n) is 5.59. The van der Waals surface area contributed by atoms with Crippen molar-refractivity contribution in [1.29, 1.82) is 0 Å². The van der Waals surface area contributed by atoms with E-state index in [1.165, 1.54) is 5.56 Å². The Bertz CT molecular complexity index is 818. The number of nitrogens with one attached hydrogen (secondary N) is 2. The van der Waals surface area contributed by atoms with Gasteiger partial charge < -0.3 is 20.1 Å². The van der Waals surface area contributed by atoms with Gasteiger partial charge in [0, 0.05) is 49.5 Å². The van der Waals surface area contributed by atoms with Crippen molar-refractivity contribution in [3.63, 3.8) is 0 Å². The van der Waals surface area contributed by atoms with E-state index in [9.17, 15) is 4.79 Å². The van der Waals surface area contributed by atoms with E-state index >= 15 is 0 Å². The van der Waals surface area contributed by atoms with Crippen molar-refractivity contribution < 1.29 is 14.3 Å². The van der Waals surface area contributed by atoms with Crippen molar-refractivity contribution in [2.45, 2.75) is 31.2 Å². The van der Waals surface area contributed by atoms with Crippen molar-refractivity contribution in [2.75, 3.05) is 33.9 Å².